The minimum absolute atomic E-state index is 0.139. The fraction of sp³-hybridized carbons (Fsp3) is 0.615. The van der Waals surface area contributed by atoms with Crippen LogP contribution in [0, 0.1) is 5.41 Å². The van der Waals surface area contributed by atoms with Gasteiger partial charge in [0.05, 0.1) is 6.61 Å². The van der Waals surface area contributed by atoms with Crippen LogP contribution in [0.5, 0.6) is 5.88 Å². The van der Waals surface area contributed by atoms with Gasteiger partial charge in [0.1, 0.15) is 10.7 Å². The molecule has 0 bridgehead atoms. The van der Waals surface area contributed by atoms with Gasteiger partial charge in [0.2, 0.25) is 5.88 Å². The largest absolute Gasteiger partial charge is 0.476 e. The van der Waals surface area contributed by atoms with Crippen molar-refractivity contribution in [3.8, 4) is 5.88 Å². The molecule has 5 nitrogen and oxygen atoms in total. The summed E-state index contributed by atoms with van der Waals surface area (Å²) in [5.74, 6) is 0.110. The lowest BCUT2D eigenvalue weighted by Crippen LogP contribution is -2.43. The number of hydrogen-bond acceptors (Lipinski definition) is 5. The van der Waals surface area contributed by atoms with Crippen molar-refractivity contribution in [3.63, 3.8) is 0 Å². The lowest BCUT2D eigenvalue weighted by molar-refractivity contribution is 0.0572. The Labute approximate surface area is 128 Å². The zero-order valence-corrected chi connectivity index (χ0v) is 13.6. The Bertz CT molecular complexity index is 537. The maximum absolute atomic E-state index is 12.6. The van der Waals surface area contributed by atoms with Crippen molar-refractivity contribution in [1.82, 2.24) is 14.9 Å². The zero-order chi connectivity index (χ0) is 14.9. The summed E-state index contributed by atoms with van der Waals surface area (Å²) < 4.78 is 5.73. The van der Waals surface area contributed by atoms with Crippen molar-refractivity contribution < 1.29 is 9.53 Å². The Morgan fingerprint density at radius 3 is 2.75 bits per heavy atom. The molecule has 110 valence electrons. The standard InChI is InChI=1S/C13H18ClN3O2S/c1-5-17-6-13(2,3)7-19-10-8(11(17)18)9(14)15-12(16-10)20-4/h5-7H2,1-4H3. The molecule has 1 aliphatic rings. The van der Waals surface area contributed by atoms with Crippen LogP contribution in [0.4, 0.5) is 0 Å². The van der Waals surface area contributed by atoms with Crippen molar-refractivity contribution in [2.45, 2.75) is 25.9 Å². The van der Waals surface area contributed by atoms with Crippen molar-refractivity contribution in [2.24, 2.45) is 5.41 Å². The van der Waals surface area contributed by atoms with E-state index in [2.05, 4.69) is 23.8 Å². The first kappa shape index (κ1) is 15.4. The molecule has 1 amide bonds. The molecule has 1 aromatic rings. The number of fused-ring (bicyclic) bond motifs is 1. The number of thioether (sulfide) groups is 1. The summed E-state index contributed by atoms with van der Waals surface area (Å²) >= 11 is 7.51. The highest BCUT2D eigenvalue weighted by Gasteiger charge is 2.33. The first-order valence-electron chi connectivity index (χ1n) is 6.41. The molecule has 0 saturated heterocycles. The van der Waals surface area contributed by atoms with Gasteiger partial charge in [-0.25, -0.2) is 4.98 Å². The van der Waals surface area contributed by atoms with E-state index in [1.807, 2.05) is 13.2 Å². The third-order valence-corrected chi connectivity index (χ3v) is 3.92. The van der Waals surface area contributed by atoms with Gasteiger partial charge in [-0.3, -0.25) is 4.79 Å². The number of carbonyl (C=O) groups is 1. The van der Waals surface area contributed by atoms with Crippen molar-refractivity contribution in [1.29, 1.82) is 0 Å². The smallest absolute Gasteiger partial charge is 0.262 e. The molecule has 1 aliphatic heterocycles. The van der Waals surface area contributed by atoms with Gasteiger partial charge >= 0.3 is 0 Å². The lowest BCUT2D eigenvalue weighted by atomic mass is 9.93. The lowest BCUT2D eigenvalue weighted by Gasteiger charge is -2.34. The maximum atomic E-state index is 12.6. The van der Waals surface area contributed by atoms with Crippen LogP contribution in [0.2, 0.25) is 5.15 Å². The third-order valence-electron chi connectivity index (χ3n) is 3.10. The number of halogens is 1. The van der Waals surface area contributed by atoms with E-state index in [4.69, 9.17) is 16.3 Å². The number of ether oxygens (including phenoxy) is 1. The van der Waals surface area contributed by atoms with Gasteiger partial charge < -0.3 is 9.64 Å². The number of amides is 1. The zero-order valence-electron chi connectivity index (χ0n) is 12.1. The van der Waals surface area contributed by atoms with Crippen LogP contribution in [0.1, 0.15) is 31.1 Å². The Morgan fingerprint density at radius 1 is 1.45 bits per heavy atom. The Kier molecular flexibility index (Phi) is 4.44. The molecule has 20 heavy (non-hydrogen) atoms. The van der Waals surface area contributed by atoms with Crippen LogP contribution in [-0.2, 0) is 0 Å². The number of hydrogen-bond donors (Lipinski definition) is 0. The molecule has 0 saturated carbocycles. The fourth-order valence-corrected chi connectivity index (χ4v) is 2.73. The Hall–Kier alpha value is -1.01. The van der Waals surface area contributed by atoms with Crippen LogP contribution in [-0.4, -0.2) is 46.7 Å². The van der Waals surface area contributed by atoms with E-state index in [9.17, 15) is 4.79 Å². The minimum atomic E-state index is -0.173. The van der Waals surface area contributed by atoms with Gasteiger partial charge in [0.25, 0.3) is 5.91 Å². The van der Waals surface area contributed by atoms with Gasteiger partial charge in [-0.05, 0) is 13.2 Å². The molecule has 0 aliphatic carbocycles. The van der Waals surface area contributed by atoms with Crippen molar-refractivity contribution in [3.05, 3.63) is 10.7 Å². The van der Waals surface area contributed by atoms with Crippen molar-refractivity contribution in [2.75, 3.05) is 26.0 Å². The summed E-state index contributed by atoms with van der Waals surface area (Å²) in [7, 11) is 0. The highest BCUT2D eigenvalue weighted by atomic mass is 35.5. The monoisotopic (exact) mass is 315 g/mol. The molecule has 0 fully saturated rings. The molecular weight excluding hydrogens is 298 g/mol. The second kappa shape index (κ2) is 5.77. The van der Waals surface area contributed by atoms with Gasteiger partial charge in [-0.1, -0.05) is 37.2 Å². The molecular formula is C13H18ClN3O2S. The summed E-state index contributed by atoms with van der Waals surface area (Å²) in [6.07, 6.45) is 1.85. The van der Waals surface area contributed by atoms with Crippen LogP contribution in [0.25, 0.3) is 0 Å². The molecule has 7 heteroatoms. The normalized spacial score (nSPS) is 18.1. The van der Waals surface area contributed by atoms with E-state index in [1.165, 1.54) is 11.8 Å². The van der Waals surface area contributed by atoms with Crippen molar-refractivity contribution >= 4 is 29.3 Å². The van der Waals surface area contributed by atoms with E-state index >= 15 is 0 Å². The van der Waals surface area contributed by atoms with E-state index in [1.54, 1.807) is 4.90 Å². The van der Waals surface area contributed by atoms with Crippen LogP contribution in [0.15, 0.2) is 5.16 Å². The highest BCUT2D eigenvalue weighted by molar-refractivity contribution is 7.98. The predicted octanol–water partition coefficient (Wildman–Crippen LogP) is 2.73. The summed E-state index contributed by atoms with van der Waals surface area (Å²) in [5, 5.41) is 0.658. The summed E-state index contributed by atoms with van der Waals surface area (Å²) in [4.78, 5) is 22.8. The average molecular weight is 316 g/mol. The molecule has 0 atom stereocenters. The third kappa shape index (κ3) is 3.01. The molecule has 1 aromatic heterocycles. The van der Waals surface area contributed by atoms with Gasteiger partial charge in [0.15, 0.2) is 5.16 Å². The van der Waals surface area contributed by atoms with E-state index < -0.39 is 0 Å². The highest BCUT2D eigenvalue weighted by Crippen LogP contribution is 2.32. The van der Waals surface area contributed by atoms with E-state index in [0.29, 0.717) is 24.9 Å². The quantitative estimate of drug-likeness (QED) is 0.477. The second-order valence-corrected chi connectivity index (χ2v) is 6.58. The van der Waals surface area contributed by atoms with Gasteiger partial charge in [-0.15, -0.1) is 0 Å². The second-order valence-electron chi connectivity index (χ2n) is 5.45. The topological polar surface area (TPSA) is 55.3 Å². The average Bonchev–Trinajstić information content (AvgIpc) is 2.40. The van der Waals surface area contributed by atoms with Crippen LogP contribution < -0.4 is 4.74 Å². The predicted molar refractivity (Wildman–Crippen MR) is 79.7 cm³/mol. The first-order chi connectivity index (χ1) is 9.38. The van der Waals surface area contributed by atoms with E-state index in [0.717, 1.165) is 0 Å². The van der Waals surface area contributed by atoms with Crippen LogP contribution in [0.3, 0.4) is 0 Å². The molecule has 0 radical (unpaired) electrons. The molecule has 2 heterocycles. The van der Waals surface area contributed by atoms with Gasteiger partial charge in [-0.2, -0.15) is 4.98 Å². The first-order valence-corrected chi connectivity index (χ1v) is 8.02. The molecule has 0 spiro atoms. The van der Waals surface area contributed by atoms with Gasteiger partial charge in [0, 0.05) is 18.5 Å². The molecule has 0 unspecified atom stereocenters. The molecule has 2 rings (SSSR count). The number of carbonyl (C=O) groups excluding carboxylic acids is 1. The Balaban J connectivity index is 2.53. The number of aromatic nitrogens is 2. The SMILES string of the molecule is CCN1CC(C)(C)COc2nc(SC)nc(Cl)c2C1=O. The summed E-state index contributed by atoms with van der Waals surface area (Å²) in [6.45, 7) is 7.77. The Morgan fingerprint density at radius 2 is 2.15 bits per heavy atom. The summed E-state index contributed by atoms with van der Waals surface area (Å²) in [6, 6.07) is 0. The minimum Gasteiger partial charge on any atom is -0.476 e. The van der Waals surface area contributed by atoms with E-state index in [-0.39, 0.29) is 27.9 Å². The fourth-order valence-electron chi connectivity index (χ4n) is 2.08. The number of rotatable bonds is 2. The molecule has 0 aromatic carbocycles. The maximum Gasteiger partial charge on any atom is 0.262 e. The van der Waals surface area contributed by atoms with Crippen LogP contribution >= 0.6 is 23.4 Å². The molecule has 0 N–H and O–H groups in total. The summed E-state index contributed by atoms with van der Waals surface area (Å²) in [5.41, 5.74) is 0.127. The number of nitrogens with zero attached hydrogens (tertiary/aromatic N) is 3.